The lowest BCUT2D eigenvalue weighted by Gasteiger charge is -2.09. The molecule has 16 heavy (non-hydrogen) atoms. The smallest absolute Gasteiger partial charge is 0.220 e. The van der Waals surface area contributed by atoms with E-state index in [1.54, 1.807) is 7.11 Å². The number of hydrogen-bond donors (Lipinski definition) is 1. The highest BCUT2D eigenvalue weighted by Crippen LogP contribution is 2.09. The molecule has 0 atom stereocenters. The van der Waals surface area contributed by atoms with E-state index in [-0.39, 0.29) is 5.91 Å². The van der Waals surface area contributed by atoms with Gasteiger partial charge in [-0.15, -0.1) is 0 Å². The number of benzene rings is 1. The average Bonchev–Trinajstić information content (AvgIpc) is 2.29. The summed E-state index contributed by atoms with van der Waals surface area (Å²) in [5.41, 5.74) is 2.25. The molecule has 1 aromatic carbocycles. The summed E-state index contributed by atoms with van der Waals surface area (Å²) >= 11 is 0. The van der Waals surface area contributed by atoms with Gasteiger partial charge in [0, 0.05) is 20.1 Å². The van der Waals surface area contributed by atoms with E-state index in [9.17, 15) is 4.79 Å². The minimum absolute atomic E-state index is 0.106. The fourth-order valence-electron chi connectivity index (χ4n) is 1.54. The maximum absolute atomic E-state index is 11.3. The van der Waals surface area contributed by atoms with Crippen molar-refractivity contribution in [3.63, 3.8) is 0 Å². The summed E-state index contributed by atoms with van der Waals surface area (Å²) < 4.78 is 5.11. The van der Waals surface area contributed by atoms with Crippen molar-refractivity contribution in [2.75, 3.05) is 7.11 Å². The summed E-state index contributed by atoms with van der Waals surface area (Å²) in [6, 6.07) is 7.98. The molecule has 0 bridgehead atoms. The highest BCUT2D eigenvalue weighted by atomic mass is 16.5. The van der Waals surface area contributed by atoms with Crippen molar-refractivity contribution in [1.82, 2.24) is 5.32 Å². The Labute approximate surface area is 96.8 Å². The number of nitrogens with one attached hydrogen (secondary N) is 1. The number of hydrogen-bond acceptors (Lipinski definition) is 2. The fourth-order valence-corrected chi connectivity index (χ4v) is 1.54. The van der Waals surface area contributed by atoms with Crippen molar-refractivity contribution < 1.29 is 9.53 Å². The minimum atomic E-state index is 0.106. The van der Waals surface area contributed by atoms with Crippen LogP contribution in [0.5, 0.6) is 0 Å². The molecule has 0 saturated carbocycles. The summed E-state index contributed by atoms with van der Waals surface area (Å²) in [7, 11) is 1.67. The van der Waals surface area contributed by atoms with Crippen LogP contribution in [-0.4, -0.2) is 13.0 Å². The maximum Gasteiger partial charge on any atom is 0.220 e. The van der Waals surface area contributed by atoms with Gasteiger partial charge in [-0.3, -0.25) is 4.79 Å². The molecule has 0 spiro atoms. The molecule has 88 valence electrons. The molecule has 1 aromatic rings. The second kappa shape index (κ2) is 7.01. The Morgan fingerprint density at radius 2 is 2.00 bits per heavy atom. The predicted octanol–water partition coefficient (Wildman–Crippen LogP) is 2.25. The van der Waals surface area contributed by atoms with Crippen LogP contribution in [0.25, 0.3) is 0 Å². The van der Waals surface area contributed by atoms with Gasteiger partial charge < -0.3 is 10.1 Å². The van der Waals surface area contributed by atoms with Crippen LogP contribution in [0.2, 0.25) is 0 Å². The third-order valence-electron chi connectivity index (χ3n) is 2.37. The predicted molar refractivity (Wildman–Crippen MR) is 63.9 cm³/mol. The van der Waals surface area contributed by atoms with Crippen molar-refractivity contribution in [1.29, 1.82) is 0 Å². The van der Waals surface area contributed by atoms with Crippen LogP contribution in [0.1, 0.15) is 30.9 Å². The summed E-state index contributed by atoms with van der Waals surface area (Å²) in [6.45, 7) is 3.16. The Bertz CT molecular complexity index is 336. The molecule has 0 aliphatic heterocycles. The van der Waals surface area contributed by atoms with E-state index in [0.717, 1.165) is 17.5 Å². The molecule has 0 radical (unpaired) electrons. The van der Waals surface area contributed by atoms with Gasteiger partial charge >= 0.3 is 0 Å². The Morgan fingerprint density at radius 1 is 1.31 bits per heavy atom. The zero-order valence-corrected chi connectivity index (χ0v) is 9.95. The lowest BCUT2D eigenvalue weighted by atomic mass is 10.1. The van der Waals surface area contributed by atoms with Gasteiger partial charge in [-0.2, -0.15) is 0 Å². The lowest BCUT2D eigenvalue weighted by Crippen LogP contribution is -2.22. The van der Waals surface area contributed by atoms with E-state index in [0.29, 0.717) is 19.6 Å². The Balaban J connectivity index is 2.55. The molecule has 0 aliphatic carbocycles. The normalized spacial score (nSPS) is 10.1. The first-order chi connectivity index (χ1) is 7.77. The van der Waals surface area contributed by atoms with E-state index in [1.807, 2.05) is 31.2 Å². The van der Waals surface area contributed by atoms with Crippen LogP contribution < -0.4 is 5.32 Å². The first-order valence-corrected chi connectivity index (χ1v) is 5.60. The summed E-state index contributed by atoms with van der Waals surface area (Å²) in [5, 5.41) is 2.90. The third-order valence-corrected chi connectivity index (χ3v) is 2.37. The van der Waals surface area contributed by atoms with Gasteiger partial charge in [-0.05, 0) is 17.5 Å². The molecule has 0 saturated heterocycles. The summed E-state index contributed by atoms with van der Waals surface area (Å²) in [4.78, 5) is 11.3. The van der Waals surface area contributed by atoms with Gasteiger partial charge in [0.1, 0.15) is 0 Å². The zero-order chi connectivity index (χ0) is 11.8. The highest BCUT2D eigenvalue weighted by molar-refractivity contribution is 5.75. The first kappa shape index (κ1) is 12.7. The minimum Gasteiger partial charge on any atom is -0.380 e. The van der Waals surface area contributed by atoms with E-state index >= 15 is 0 Å². The second-order valence-corrected chi connectivity index (χ2v) is 3.73. The van der Waals surface area contributed by atoms with Crippen LogP contribution in [-0.2, 0) is 22.7 Å². The van der Waals surface area contributed by atoms with Crippen molar-refractivity contribution >= 4 is 5.91 Å². The topological polar surface area (TPSA) is 38.3 Å². The fraction of sp³-hybridized carbons (Fsp3) is 0.462. The molecule has 1 N–H and O–H groups in total. The molecule has 1 rings (SSSR count). The number of rotatable bonds is 6. The zero-order valence-electron chi connectivity index (χ0n) is 9.95. The van der Waals surface area contributed by atoms with Crippen molar-refractivity contribution in [3.05, 3.63) is 35.4 Å². The molecule has 0 aromatic heterocycles. The monoisotopic (exact) mass is 221 g/mol. The van der Waals surface area contributed by atoms with E-state index in [1.165, 1.54) is 0 Å². The molecular formula is C13H19NO2. The van der Waals surface area contributed by atoms with Gasteiger partial charge in [-0.25, -0.2) is 0 Å². The van der Waals surface area contributed by atoms with E-state index in [2.05, 4.69) is 5.32 Å². The number of amides is 1. The molecule has 1 amide bonds. The quantitative estimate of drug-likeness (QED) is 0.800. The van der Waals surface area contributed by atoms with E-state index in [4.69, 9.17) is 4.74 Å². The SMILES string of the molecule is CCCC(=O)NCc1ccccc1COC. The molecular weight excluding hydrogens is 202 g/mol. The molecule has 3 heteroatoms. The van der Waals surface area contributed by atoms with Crippen molar-refractivity contribution in [2.45, 2.75) is 32.9 Å². The molecule has 3 nitrogen and oxygen atoms in total. The van der Waals surface area contributed by atoms with Gasteiger partial charge in [0.15, 0.2) is 0 Å². The second-order valence-electron chi connectivity index (χ2n) is 3.73. The van der Waals surface area contributed by atoms with Crippen LogP contribution in [0.3, 0.4) is 0 Å². The number of carbonyl (C=O) groups is 1. The highest BCUT2D eigenvalue weighted by Gasteiger charge is 2.03. The Kier molecular flexibility index (Phi) is 5.57. The molecule has 0 heterocycles. The van der Waals surface area contributed by atoms with Gasteiger partial charge in [0.25, 0.3) is 0 Å². The van der Waals surface area contributed by atoms with E-state index < -0.39 is 0 Å². The Morgan fingerprint density at radius 3 is 2.62 bits per heavy atom. The first-order valence-electron chi connectivity index (χ1n) is 5.60. The standard InChI is InChI=1S/C13H19NO2/c1-3-6-13(15)14-9-11-7-4-5-8-12(11)10-16-2/h4-5,7-8H,3,6,9-10H2,1-2H3,(H,14,15). The van der Waals surface area contributed by atoms with Crippen LogP contribution in [0.15, 0.2) is 24.3 Å². The van der Waals surface area contributed by atoms with Crippen molar-refractivity contribution in [2.24, 2.45) is 0 Å². The Hall–Kier alpha value is -1.35. The number of methoxy groups -OCH3 is 1. The third kappa shape index (κ3) is 4.03. The largest absolute Gasteiger partial charge is 0.380 e. The van der Waals surface area contributed by atoms with Crippen LogP contribution in [0.4, 0.5) is 0 Å². The number of carbonyl (C=O) groups excluding carboxylic acids is 1. The lowest BCUT2D eigenvalue weighted by molar-refractivity contribution is -0.121. The molecule has 0 aliphatic rings. The van der Waals surface area contributed by atoms with Crippen molar-refractivity contribution in [3.8, 4) is 0 Å². The average molecular weight is 221 g/mol. The van der Waals surface area contributed by atoms with Crippen LogP contribution in [0, 0.1) is 0 Å². The van der Waals surface area contributed by atoms with Gasteiger partial charge in [-0.1, -0.05) is 31.2 Å². The summed E-state index contributed by atoms with van der Waals surface area (Å²) in [6.07, 6.45) is 1.47. The maximum atomic E-state index is 11.3. The molecule has 0 unspecified atom stereocenters. The van der Waals surface area contributed by atoms with Crippen LogP contribution >= 0.6 is 0 Å². The number of ether oxygens (including phenoxy) is 1. The van der Waals surface area contributed by atoms with Gasteiger partial charge in [0.05, 0.1) is 6.61 Å². The summed E-state index contributed by atoms with van der Waals surface area (Å²) in [5.74, 6) is 0.106. The molecule has 0 fully saturated rings. The van der Waals surface area contributed by atoms with Gasteiger partial charge in [0.2, 0.25) is 5.91 Å².